The molecule has 0 bridgehead atoms. The van der Waals surface area contributed by atoms with Crippen molar-refractivity contribution in [2.75, 3.05) is 20.3 Å². The van der Waals surface area contributed by atoms with Crippen molar-refractivity contribution < 1.29 is 9.53 Å². The maximum absolute atomic E-state index is 11.3. The summed E-state index contributed by atoms with van der Waals surface area (Å²) < 4.78 is 4.71. The van der Waals surface area contributed by atoms with Crippen LogP contribution >= 0.6 is 0 Å². The van der Waals surface area contributed by atoms with Crippen LogP contribution in [0.2, 0.25) is 0 Å². The summed E-state index contributed by atoms with van der Waals surface area (Å²) in [6.07, 6.45) is 1.72. The molecule has 0 spiro atoms. The molecule has 1 atom stereocenters. The van der Waals surface area contributed by atoms with E-state index in [4.69, 9.17) is 10.00 Å². The Labute approximate surface area is 71.7 Å². The number of hydrogen-bond acceptors (Lipinski definition) is 3. The molecular formula is C8H12N2O2. The first-order valence-electron chi connectivity index (χ1n) is 3.97. The molecule has 0 aromatic carbocycles. The van der Waals surface area contributed by atoms with E-state index in [-0.39, 0.29) is 18.6 Å². The third kappa shape index (κ3) is 1.74. The summed E-state index contributed by atoms with van der Waals surface area (Å²) in [5.74, 6) is -0.0819. The predicted octanol–water partition coefficient (Wildman–Crippen LogP) is 0.147. The highest BCUT2D eigenvalue weighted by atomic mass is 16.5. The van der Waals surface area contributed by atoms with Crippen molar-refractivity contribution >= 4 is 5.91 Å². The minimum absolute atomic E-state index is 0.0815. The molecule has 0 saturated carbocycles. The van der Waals surface area contributed by atoms with Gasteiger partial charge in [-0.25, -0.2) is 0 Å². The number of likely N-dealkylation sites (tertiary alicyclic amines) is 1. The van der Waals surface area contributed by atoms with Crippen molar-refractivity contribution in [2.45, 2.75) is 18.9 Å². The molecule has 0 radical (unpaired) electrons. The molecule has 0 N–H and O–H groups in total. The molecule has 1 aliphatic heterocycles. The van der Waals surface area contributed by atoms with Crippen LogP contribution in [0.4, 0.5) is 0 Å². The van der Waals surface area contributed by atoms with Crippen molar-refractivity contribution in [3.63, 3.8) is 0 Å². The molecular weight excluding hydrogens is 156 g/mol. The summed E-state index contributed by atoms with van der Waals surface area (Å²) in [6, 6.07) is 1.87. The first kappa shape index (κ1) is 9.01. The van der Waals surface area contributed by atoms with E-state index in [0.717, 1.165) is 12.8 Å². The Morgan fingerprint density at radius 2 is 2.58 bits per heavy atom. The van der Waals surface area contributed by atoms with Crippen LogP contribution in [-0.4, -0.2) is 37.1 Å². The van der Waals surface area contributed by atoms with Gasteiger partial charge < -0.3 is 9.64 Å². The van der Waals surface area contributed by atoms with E-state index in [1.165, 1.54) is 7.11 Å². The Morgan fingerprint density at radius 3 is 3.17 bits per heavy atom. The molecule has 1 unspecified atom stereocenters. The second kappa shape index (κ2) is 4.07. The van der Waals surface area contributed by atoms with E-state index in [1.807, 2.05) is 0 Å². The first-order valence-corrected chi connectivity index (χ1v) is 3.97. The molecule has 0 aromatic rings. The molecule has 66 valence electrons. The van der Waals surface area contributed by atoms with Gasteiger partial charge in [0.05, 0.1) is 6.07 Å². The molecule has 1 rings (SSSR count). The lowest BCUT2D eigenvalue weighted by Crippen LogP contribution is -2.36. The lowest BCUT2D eigenvalue weighted by Gasteiger charge is -2.18. The highest BCUT2D eigenvalue weighted by Crippen LogP contribution is 2.16. The van der Waals surface area contributed by atoms with E-state index in [2.05, 4.69) is 6.07 Å². The summed E-state index contributed by atoms with van der Waals surface area (Å²) in [4.78, 5) is 12.9. The standard InChI is InChI=1S/C8H12N2O2/c1-12-6-8(11)10-4-2-3-7(10)5-9/h7H,2-4,6H2,1H3. The minimum Gasteiger partial charge on any atom is -0.375 e. The number of ether oxygens (including phenoxy) is 1. The first-order chi connectivity index (χ1) is 5.79. The summed E-state index contributed by atoms with van der Waals surface area (Å²) in [5.41, 5.74) is 0. The van der Waals surface area contributed by atoms with Crippen molar-refractivity contribution in [1.29, 1.82) is 5.26 Å². The van der Waals surface area contributed by atoms with Gasteiger partial charge in [0.25, 0.3) is 0 Å². The van der Waals surface area contributed by atoms with Gasteiger partial charge in [0.2, 0.25) is 5.91 Å². The van der Waals surface area contributed by atoms with Crippen LogP contribution in [0.25, 0.3) is 0 Å². The van der Waals surface area contributed by atoms with Crippen LogP contribution in [0.3, 0.4) is 0 Å². The van der Waals surface area contributed by atoms with E-state index in [9.17, 15) is 4.79 Å². The van der Waals surface area contributed by atoms with Gasteiger partial charge in [-0.3, -0.25) is 4.79 Å². The zero-order chi connectivity index (χ0) is 8.97. The molecule has 0 aliphatic carbocycles. The van der Waals surface area contributed by atoms with E-state index < -0.39 is 0 Å². The van der Waals surface area contributed by atoms with Gasteiger partial charge >= 0.3 is 0 Å². The number of carbonyl (C=O) groups is 1. The maximum atomic E-state index is 11.3. The summed E-state index contributed by atoms with van der Waals surface area (Å²) in [5, 5.41) is 8.67. The number of hydrogen-bond donors (Lipinski definition) is 0. The van der Waals surface area contributed by atoms with Crippen LogP contribution in [0, 0.1) is 11.3 Å². The van der Waals surface area contributed by atoms with E-state index in [1.54, 1.807) is 4.90 Å². The lowest BCUT2D eigenvalue weighted by atomic mass is 10.2. The fraction of sp³-hybridized carbons (Fsp3) is 0.750. The van der Waals surface area contributed by atoms with Crippen molar-refractivity contribution in [1.82, 2.24) is 4.90 Å². The zero-order valence-electron chi connectivity index (χ0n) is 7.12. The topological polar surface area (TPSA) is 53.3 Å². The number of nitriles is 1. The Balaban J connectivity index is 2.51. The number of amides is 1. The molecule has 12 heavy (non-hydrogen) atoms. The second-order valence-electron chi connectivity index (χ2n) is 2.81. The number of methoxy groups -OCH3 is 1. The lowest BCUT2D eigenvalue weighted by molar-refractivity contribution is -0.135. The number of nitrogens with zero attached hydrogens (tertiary/aromatic N) is 2. The van der Waals surface area contributed by atoms with Crippen LogP contribution in [0.15, 0.2) is 0 Å². The van der Waals surface area contributed by atoms with Crippen molar-refractivity contribution in [3.05, 3.63) is 0 Å². The van der Waals surface area contributed by atoms with Crippen molar-refractivity contribution in [3.8, 4) is 6.07 Å². The summed E-state index contributed by atoms with van der Waals surface area (Å²) >= 11 is 0. The maximum Gasteiger partial charge on any atom is 0.249 e. The van der Waals surface area contributed by atoms with Crippen LogP contribution < -0.4 is 0 Å². The molecule has 1 fully saturated rings. The van der Waals surface area contributed by atoms with Crippen LogP contribution in [-0.2, 0) is 9.53 Å². The number of carbonyl (C=O) groups excluding carboxylic acids is 1. The molecule has 1 aliphatic rings. The van der Waals surface area contributed by atoms with Gasteiger partial charge in [-0.1, -0.05) is 0 Å². The highest BCUT2D eigenvalue weighted by molar-refractivity contribution is 5.78. The Kier molecular flexibility index (Phi) is 3.06. The summed E-state index contributed by atoms with van der Waals surface area (Å²) in [7, 11) is 1.48. The SMILES string of the molecule is COCC(=O)N1CCCC1C#N. The smallest absolute Gasteiger partial charge is 0.249 e. The quantitative estimate of drug-likeness (QED) is 0.589. The third-order valence-corrected chi connectivity index (χ3v) is 1.99. The monoisotopic (exact) mass is 168 g/mol. The zero-order valence-corrected chi connectivity index (χ0v) is 7.12. The molecule has 1 heterocycles. The average Bonchev–Trinajstić information content (AvgIpc) is 2.51. The molecule has 0 aromatic heterocycles. The molecule has 4 nitrogen and oxygen atoms in total. The second-order valence-corrected chi connectivity index (χ2v) is 2.81. The fourth-order valence-corrected chi connectivity index (χ4v) is 1.41. The van der Waals surface area contributed by atoms with Gasteiger partial charge in [-0.05, 0) is 12.8 Å². The largest absolute Gasteiger partial charge is 0.375 e. The fourth-order valence-electron chi connectivity index (χ4n) is 1.41. The Bertz CT molecular complexity index is 210. The highest BCUT2D eigenvalue weighted by Gasteiger charge is 2.27. The predicted molar refractivity (Wildman–Crippen MR) is 42.2 cm³/mol. The van der Waals surface area contributed by atoms with Crippen LogP contribution in [0.1, 0.15) is 12.8 Å². The number of rotatable bonds is 2. The van der Waals surface area contributed by atoms with Gasteiger partial charge in [0.15, 0.2) is 0 Å². The van der Waals surface area contributed by atoms with Gasteiger partial charge in [0, 0.05) is 13.7 Å². The van der Waals surface area contributed by atoms with Gasteiger partial charge in [-0.15, -0.1) is 0 Å². The van der Waals surface area contributed by atoms with Crippen LogP contribution in [0.5, 0.6) is 0 Å². The van der Waals surface area contributed by atoms with Crippen molar-refractivity contribution in [2.24, 2.45) is 0 Å². The van der Waals surface area contributed by atoms with E-state index in [0.29, 0.717) is 6.54 Å². The average molecular weight is 168 g/mol. The van der Waals surface area contributed by atoms with Gasteiger partial charge in [-0.2, -0.15) is 5.26 Å². The normalized spacial score (nSPS) is 22.3. The molecule has 4 heteroatoms. The van der Waals surface area contributed by atoms with E-state index >= 15 is 0 Å². The third-order valence-electron chi connectivity index (χ3n) is 1.99. The Hall–Kier alpha value is -1.08. The summed E-state index contributed by atoms with van der Waals surface area (Å²) in [6.45, 7) is 0.776. The minimum atomic E-state index is -0.229. The molecule has 1 saturated heterocycles. The molecule has 1 amide bonds. The Morgan fingerprint density at radius 1 is 1.83 bits per heavy atom. The van der Waals surface area contributed by atoms with Gasteiger partial charge in [0.1, 0.15) is 12.6 Å².